The van der Waals surface area contributed by atoms with Gasteiger partial charge >= 0.3 is 5.97 Å². The Bertz CT molecular complexity index is 982. The molecule has 0 radical (unpaired) electrons. The molecule has 3 aromatic rings. The highest BCUT2D eigenvalue weighted by Gasteiger charge is 2.23. The van der Waals surface area contributed by atoms with Crippen molar-refractivity contribution in [2.75, 3.05) is 6.61 Å². The standard InChI is InChI=1S/C22H24N2O2S2/c1-3-10-26-22(25)16-7-5-15(6-8-16)12-27-20-19-17-9-4-14(2)11-18(17)28-21(19)24-13-23-20/h5-8,13-14H,3-4,9-12H2,1-2H3/t14-/m1/s1. The van der Waals surface area contributed by atoms with Crippen LogP contribution in [-0.2, 0) is 23.3 Å². The average Bonchev–Trinajstić information content (AvgIpc) is 3.08. The number of thioether (sulfide) groups is 1. The van der Waals surface area contributed by atoms with Crippen LogP contribution >= 0.6 is 23.1 Å². The van der Waals surface area contributed by atoms with Crippen LogP contribution in [0.5, 0.6) is 0 Å². The van der Waals surface area contributed by atoms with Crippen LogP contribution in [0.25, 0.3) is 10.2 Å². The average molecular weight is 413 g/mol. The number of carbonyl (C=O) groups is 1. The van der Waals surface area contributed by atoms with E-state index >= 15 is 0 Å². The minimum absolute atomic E-state index is 0.252. The summed E-state index contributed by atoms with van der Waals surface area (Å²) in [6.07, 6.45) is 6.05. The van der Waals surface area contributed by atoms with Gasteiger partial charge < -0.3 is 4.74 Å². The first-order chi connectivity index (χ1) is 13.7. The maximum Gasteiger partial charge on any atom is 0.338 e. The Morgan fingerprint density at radius 1 is 1.29 bits per heavy atom. The van der Waals surface area contributed by atoms with Crippen molar-refractivity contribution in [2.24, 2.45) is 5.92 Å². The molecule has 2 heterocycles. The van der Waals surface area contributed by atoms with Crippen LogP contribution in [0.15, 0.2) is 35.6 Å². The van der Waals surface area contributed by atoms with Gasteiger partial charge in [-0.1, -0.05) is 26.0 Å². The van der Waals surface area contributed by atoms with E-state index in [1.165, 1.54) is 27.8 Å². The molecule has 0 N–H and O–H groups in total. The Kier molecular flexibility index (Phi) is 5.97. The predicted octanol–water partition coefficient (Wildman–Crippen LogP) is 5.68. The highest BCUT2D eigenvalue weighted by atomic mass is 32.2. The first-order valence-electron chi connectivity index (χ1n) is 9.79. The van der Waals surface area contributed by atoms with Crippen molar-refractivity contribution in [3.8, 4) is 0 Å². The second kappa shape index (κ2) is 8.62. The molecular weight excluding hydrogens is 388 g/mol. The summed E-state index contributed by atoms with van der Waals surface area (Å²) < 4.78 is 5.19. The van der Waals surface area contributed by atoms with E-state index in [0.717, 1.165) is 40.8 Å². The monoisotopic (exact) mass is 412 g/mol. The molecular formula is C22H24N2O2S2. The molecule has 0 saturated heterocycles. The van der Waals surface area contributed by atoms with Crippen molar-refractivity contribution < 1.29 is 9.53 Å². The van der Waals surface area contributed by atoms with Gasteiger partial charge in [-0.3, -0.25) is 0 Å². The van der Waals surface area contributed by atoms with E-state index in [2.05, 4.69) is 16.9 Å². The van der Waals surface area contributed by atoms with E-state index in [1.54, 1.807) is 18.1 Å². The van der Waals surface area contributed by atoms with Gasteiger partial charge in [0.05, 0.1) is 12.2 Å². The molecule has 2 aromatic heterocycles. The third-order valence-corrected chi connectivity index (χ3v) is 7.28. The topological polar surface area (TPSA) is 52.1 Å². The lowest BCUT2D eigenvalue weighted by Crippen LogP contribution is -2.08. The van der Waals surface area contributed by atoms with E-state index in [9.17, 15) is 4.79 Å². The van der Waals surface area contributed by atoms with Crippen molar-refractivity contribution in [3.63, 3.8) is 0 Å². The van der Waals surface area contributed by atoms with E-state index in [1.807, 2.05) is 42.5 Å². The zero-order valence-corrected chi connectivity index (χ0v) is 17.9. The molecule has 4 nitrogen and oxygen atoms in total. The van der Waals surface area contributed by atoms with Gasteiger partial charge in [-0.15, -0.1) is 23.1 Å². The zero-order chi connectivity index (χ0) is 19.5. The number of hydrogen-bond acceptors (Lipinski definition) is 6. The number of hydrogen-bond donors (Lipinski definition) is 0. The fraction of sp³-hybridized carbons (Fsp3) is 0.409. The molecule has 1 aliphatic rings. The summed E-state index contributed by atoms with van der Waals surface area (Å²) in [5.41, 5.74) is 3.24. The maximum atomic E-state index is 11.9. The van der Waals surface area contributed by atoms with Crippen LogP contribution in [0.2, 0.25) is 0 Å². The number of aryl methyl sites for hydroxylation is 1. The third-order valence-electron chi connectivity index (χ3n) is 5.06. The molecule has 6 heteroatoms. The summed E-state index contributed by atoms with van der Waals surface area (Å²) >= 11 is 3.58. The summed E-state index contributed by atoms with van der Waals surface area (Å²) in [5, 5.41) is 2.34. The minimum atomic E-state index is -0.252. The summed E-state index contributed by atoms with van der Waals surface area (Å²) in [6, 6.07) is 7.69. The highest BCUT2D eigenvalue weighted by Crippen LogP contribution is 2.41. The van der Waals surface area contributed by atoms with Crippen molar-refractivity contribution in [2.45, 2.75) is 50.3 Å². The molecule has 0 aliphatic heterocycles. The normalized spacial score (nSPS) is 16.1. The summed E-state index contributed by atoms with van der Waals surface area (Å²) in [4.78, 5) is 23.6. The first-order valence-corrected chi connectivity index (χ1v) is 11.6. The van der Waals surface area contributed by atoms with Gasteiger partial charge in [-0.25, -0.2) is 14.8 Å². The van der Waals surface area contributed by atoms with Crippen LogP contribution in [0.4, 0.5) is 0 Å². The van der Waals surface area contributed by atoms with E-state index in [4.69, 9.17) is 4.74 Å². The Labute approximate surface area is 173 Å². The number of esters is 1. The fourth-order valence-electron chi connectivity index (χ4n) is 3.52. The number of ether oxygens (including phenoxy) is 1. The van der Waals surface area contributed by atoms with Gasteiger partial charge in [0, 0.05) is 16.0 Å². The number of fused-ring (bicyclic) bond motifs is 3. The van der Waals surface area contributed by atoms with Crippen molar-refractivity contribution in [1.29, 1.82) is 0 Å². The van der Waals surface area contributed by atoms with Gasteiger partial charge in [0.2, 0.25) is 0 Å². The van der Waals surface area contributed by atoms with Gasteiger partial charge in [-0.2, -0.15) is 0 Å². The molecule has 1 atom stereocenters. The molecule has 4 rings (SSSR count). The molecule has 1 aliphatic carbocycles. The number of rotatable bonds is 6. The molecule has 0 amide bonds. The Morgan fingerprint density at radius 3 is 2.89 bits per heavy atom. The molecule has 1 aromatic carbocycles. The lowest BCUT2D eigenvalue weighted by molar-refractivity contribution is 0.0505. The molecule has 146 valence electrons. The molecule has 28 heavy (non-hydrogen) atoms. The zero-order valence-electron chi connectivity index (χ0n) is 16.2. The maximum absolute atomic E-state index is 11.9. The molecule has 0 unspecified atom stereocenters. The van der Waals surface area contributed by atoms with E-state index in [-0.39, 0.29) is 5.97 Å². The lowest BCUT2D eigenvalue weighted by Gasteiger charge is -2.18. The number of aromatic nitrogens is 2. The number of nitrogens with zero attached hydrogens (tertiary/aromatic N) is 2. The largest absolute Gasteiger partial charge is 0.462 e. The summed E-state index contributed by atoms with van der Waals surface area (Å²) in [6.45, 7) is 4.78. The summed E-state index contributed by atoms with van der Waals surface area (Å²) in [5.74, 6) is 1.32. The second-order valence-electron chi connectivity index (χ2n) is 7.33. The molecule has 0 spiro atoms. The minimum Gasteiger partial charge on any atom is -0.462 e. The van der Waals surface area contributed by atoms with Crippen molar-refractivity contribution in [1.82, 2.24) is 9.97 Å². The van der Waals surface area contributed by atoms with Gasteiger partial charge in [0.25, 0.3) is 0 Å². The van der Waals surface area contributed by atoms with E-state index < -0.39 is 0 Å². The SMILES string of the molecule is CCCOC(=O)c1ccc(CSc2ncnc3sc4c(c23)CC[C@@H](C)C4)cc1. The van der Waals surface area contributed by atoms with Crippen molar-refractivity contribution in [3.05, 3.63) is 52.2 Å². The van der Waals surface area contributed by atoms with E-state index in [0.29, 0.717) is 12.2 Å². The third kappa shape index (κ3) is 4.08. The predicted molar refractivity (Wildman–Crippen MR) is 115 cm³/mol. The number of thiophene rings is 1. The number of carbonyl (C=O) groups excluding carboxylic acids is 1. The fourth-order valence-corrected chi connectivity index (χ4v) is 5.92. The Hall–Kier alpha value is -1.92. The highest BCUT2D eigenvalue weighted by molar-refractivity contribution is 7.98. The van der Waals surface area contributed by atoms with Crippen LogP contribution in [0.3, 0.4) is 0 Å². The Morgan fingerprint density at radius 2 is 2.11 bits per heavy atom. The van der Waals surface area contributed by atoms with Crippen LogP contribution in [0.1, 0.15) is 53.1 Å². The smallest absolute Gasteiger partial charge is 0.338 e. The number of benzene rings is 1. The van der Waals surface area contributed by atoms with Gasteiger partial charge in [-0.05, 0) is 54.9 Å². The van der Waals surface area contributed by atoms with Gasteiger partial charge in [0.15, 0.2) is 0 Å². The van der Waals surface area contributed by atoms with Crippen LogP contribution < -0.4 is 0 Å². The second-order valence-corrected chi connectivity index (χ2v) is 9.38. The first kappa shape index (κ1) is 19.4. The van der Waals surface area contributed by atoms with Crippen LogP contribution in [-0.4, -0.2) is 22.5 Å². The lowest BCUT2D eigenvalue weighted by atomic mass is 9.89. The Balaban J connectivity index is 1.49. The molecule has 0 bridgehead atoms. The van der Waals surface area contributed by atoms with Crippen LogP contribution in [0, 0.1) is 5.92 Å². The molecule has 0 saturated carbocycles. The quantitative estimate of drug-likeness (QED) is 0.296. The molecule has 0 fully saturated rings. The summed E-state index contributed by atoms with van der Waals surface area (Å²) in [7, 11) is 0. The van der Waals surface area contributed by atoms with Crippen molar-refractivity contribution >= 4 is 39.3 Å². The van der Waals surface area contributed by atoms with Gasteiger partial charge in [0.1, 0.15) is 16.2 Å².